The number of amides is 1. The molecule has 160 valence electrons. The SMILES string of the molecule is O=C(Nc1cnc2c(c1/C1=C/C=C\C=C/C=C\C1)CCO2)/C1=C/C=C\C=C/C=C\C=C/C1. The van der Waals surface area contributed by atoms with Gasteiger partial charge in [-0.3, -0.25) is 4.79 Å². The number of hydrogen-bond donors (Lipinski definition) is 1. The van der Waals surface area contributed by atoms with Crippen molar-refractivity contribution in [3.8, 4) is 5.88 Å². The van der Waals surface area contributed by atoms with Gasteiger partial charge in [0.25, 0.3) is 5.91 Å². The largest absolute Gasteiger partial charge is 0.477 e. The van der Waals surface area contributed by atoms with E-state index in [0.29, 0.717) is 30.2 Å². The van der Waals surface area contributed by atoms with Crippen LogP contribution in [0.2, 0.25) is 0 Å². The summed E-state index contributed by atoms with van der Waals surface area (Å²) in [5.41, 5.74) is 4.56. The second-order valence-electron chi connectivity index (χ2n) is 7.46. The number of allylic oxidation sites excluding steroid dienone is 17. The molecule has 0 fully saturated rings. The summed E-state index contributed by atoms with van der Waals surface area (Å²) < 4.78 is 5.71. The van der Waals surface area contributed by atoms with Crippen molar-refractivity contribution in [3.05, 3.63) is 120 Å². The first-order valence-electron chi connectivity index (χ1n) is 10.8. The van der Waals surface area contributed by atoms with Gasteiger partial charge in [-0.1, -0.05) is 97.2 Å². The van der Waals surface area contributed by atoms with E-state index in [-0.39, 0.29) is 5.91 Å². The third kappa shape index (κ3) is 5.41. The summed E-state index contributed by atoms with van der Waals surface area (Å²) >= 11 is 0. The number of nitrogens with one attached hydrogen (secondary N) is 1. The Balaban J connectivity index is 1.68. The van der Waals surface area contributed by atoms with Gasteiger partial charge in [-0.15, -0.1) is 0 Å². The van der Waals surface area contributed by atoms with Crippen molar-refractivity contribution < 1.29 is 9.53 Å². The second-order valence-corrected chi connectivity index (χ2v) is 7.46. The lowest BCUT2D eigenvalue weighted by Crippen LogP contribution is -2.16. The molecule has 2 aliphatic carbocycles. The van der Waals surface area contributed by atoms with Gasteiger partial charge in [-0.2, -0.15) is 0 Å². The fourth-order valence-corrected chi connectivity index (χ4v) is 3.70. The number of rotatable bonds is 3. The van der Waals surface area contributed by atoms with Crippen LogP contribution in [0, 0.1) is 0 Å². The zero-order valence-corrected chi connectivity index (χ0v) is 17.9. The summed E-state index contributed by atoms with van der Waals surface area (Å²) in [6.45, 7) is 0.606. The van der Waals surface area contributed by atoms with Crippen LogP contribution in [0.25, 0.3) is 5.57 Å². The van der Waals surface area contributed by atoms with E-state index >= 15 is 0 Å². The zero-order chi connectivity index (χ0) is 22.0. The average Bonchev–Trinajstić information content (AvgIpc) is 3.29. The van der Waals surface area contributed by atoms with Gasteiger partial charge in [-0.05, 0) is 18.4 Å². The molecule has 0 spiro atoms. The average molecular weight is 423 g/mol. The molecule has 0 bridgehead atoms. The van der Waals surface area contributed by atoms with Crippen LogP contribution in [0.5, 0.6) is 5.88 Å². The molecule has 4 rings (SSSR count). The Kier molecular flexibility index (Phi) is 7.27. The molecular weight excluding hydrogens is 396 g/mol. The van der Waals surface area contributed by atoms with Crippen molar-refractivity contribution in [2.24, 2.45) is 0 Å². The number of hydrogen-bond acceptors (Lipinski definition) is 3. The van der Waals surface area contributed by atoms with Crippen molar-refractivity contribution in [2.45, 2.75) is 19.3 Å². The summed E-state index contributed by atoms with van der Waals surface area (Å²) in [6.07, 6.45) is 35.4. The van der Waals surface area contributed by atoms with Gasteiger partial charge in [0.1, 0.15) is 0 Å². The predicted octanol–water partition coefficient (Wildman–Crippen LogP) is 5.97. The highest BCUT2D eigenvalue weighted by molar-refractivity contribution is 6.05. The Morgan fingerprint density at radius 1 is 0.812 bits per heavy atom. The Bertz CT molecular complexity index is 1140. The molecule has 1 aromatic heterocycles. The van der Waals surface area contributed by atoms with Crippen LogP contribution in [0.3, 0.4) is 0 Å². The molecule has 3 aliphatic rings. The molecular formula is C28H26N2O2. The molecule has 1 amide bonds. The third-order valence-electron chi connectivity index (χ3n) is 5.25. The number of carbonyl (C=O) groups is 1. The van der Waals surface area contributed by atoms with Gasteiger partial charge in [0.05, 0.1) is 18.5 Å². The molecule has 1 N–H and O–H groups in total. The Hall–Kier alpha value is -3.92. The maximum Gasteiger partial charge on any atom is 0.251 e. The van der Waals surface area contributed by atoms with Crippen LogP contribution in [0.1, 0.15) is 24.0 Å². The monoisotopic (exact) mass is 422 g/mol. The van der Waals surface area contributed by atoms with E-state index in [1.54, 1.807) is 6.20 Å². The third-order valence-corrected chi connectivity index (χ3v) is 5.25. The van der Waals surface area contributed by atoms with E-state index in [1.807, 2.05) is 85.1 Å². The van der Waals surface area contributed by atoms with Crippen LogP contribution >= 0.6 is 0 Å². The summed E-state index contributed by atoms with van der Waals surface area (Å²) in [7, 11) is 0. The van der Waals surface area contributed by atoms with Crippen LogP contribution in [-0.2, 0) is 11.2 Å². The molecule has 0 saturated carbocycles. The molecule has 0 saturated heterocycles. The van der Waals surface area contributed by atoms with E-state index < -0.39 is 0 Å². The minimum Gasteiger partial charge on any atom is -0.477 e. The van der Waals surface area contributed by atoms with Crippen molar-refractivity contribution in [2.75, 3.05) is 11.9 Å². The zero-order valence-electron chi connectivity index (χ0n) is 17.9. The first kappa shape index (κ1) is 21.3. The quantitative estimate of drug-likeness (QED) is 0.653. The smallest absolute Gasteiger partial charge is 0.251 e. The summed E-state index contributed by atoms with van der Waals surface area (Å²) in [6, 6.07) is 0. The molecule has 4 nitrogen and oxygen atoms in total. The normalized spacial score (nSPS) is 27.6. The number of aromatic nitrogens is 1. The molecule has 1 aliphatic heterocycles. The van der Waals surface area contributed by atoms with Gasteiger partial charge in [0.2, 0.25) is 5.88 Å². The minimum atomic E-state index is -0.134. The Morgan fingerprint density at radius 2 is 1.47 bits per heavy atom. The minimum absolute atomic E-state index is 0.134. The van der Waals surface area contributed by atoms with E-state index in [1.165, 1.54) is 0 Å². The highest BCUT2D eigenvalue weighted by atomic mass is 16.5. The second kappa shape index (κ2) is 10.9. The molecule has 2 heterocycles. The van der Waals surface area contributed by atoms with E-state index in [2.05, 4.69) is 22.5 Å². The van der Waals surface area contributed by atoms with Crippen molar-refractivity contribution in [3.63, 3.8) is 0 Å². The number of nitrogens with zero attached hydrogens (tertiary/aromatic N) is 1. The topological polar surface area (TPSA) is 51.2 Å². The van der Waals surface area contributed by atoms with E-state index in [0.717, 1.165) is 29.5 Å². The first-order chi connectivity index (χ1) is 15.8. The van der Waals surface area contributed by atoms with Gasteiger partial charge >= 0.3 is 0 Å². The van der Waals surface area contributed by atoms with Crippen LogP contribution in [0.4, 0.5) is 5.69 Å². The van der Waals surface area contributed by atoms with Crippen molar-refractivity contribution >= 4 is 17.2 Å². The summed E-state index contributed by atoms with van der Waals surface area (Å²) in [5, 5.41) is 3.13. The lowest BCUT2D eigenvalue weighted by atomic mass is 9.95. The molecule has 32 heavy (non-hydrogen) atoms. The van der Waals surface area contributed by atoms with Crippen LogP contribution < -0.4 is 10.1 Å². The number of pyridine rings is 1. The van der Waals surface area contributed by atoms with Crippen LogP contribution in [-0.4, -0.2) is 17.5 Å². The van der Waals surface area contributed by atoms with Crippen molar-refractivity contribution in [1.29, 1.82) is 0 Å². The fourth-order valence-electron chi connectivity index (χ4n) is 3.70. The molecule has 0 unspecified atom stereocenters. The van der Waals surface area contributed by atoms with E-state index in [9.17, 15) is 4.79 Å². The Labute approximate surface area is 189 Å². The lowest BCUT2D eigenvalue weighted by molar-refractivity contribution is -0.112. The van der Waals surface area contributed by atoms with Gasteiger partial charge in [0, 0.05) is 23.1 Å². The van der Waals surface area contributed by atoms with Crippen LogP contribution in [0.15, 0.2) is 109 Å². The molecule has 0 aromatic carbocycles. The fraction of sp³-hybridized carbons (Fsp3) is 0.143. The van der Waals surface area contributed by atoms with Gasteiger partial charge < -0.3 is 10.1 Å². The standard InChI is InChI=1S/C28H26N2O2/c31-27(23-17-13-9-3-1-2-4-10-14-18-23)30-25-21-29-28-24(19-20-32-28)26(25)22-15-11-7-5-6-8-12-16-22/h1-15,17,21H,16,18-20H2,(H,30,31)/b3-1-,4-2-,6-5-,11-7-,12-8-,13-9-,14-10-,22-15+,23-17+. The molecule has 4 heteroatoms. The number of anilines is 1. The Morgan fingerprint density at radius 3 is 2.25 bits per heavy atom. The first-order valence-corrected chi connectivity index (χ1v) is 10.8. The van der Waals surface area contributed by atoms with Gasteiger partial charge in [-0.25, -0.2) is 4.98 Å². The maximum absolute atomic E-state index is 13.2. The van der Waals surface area contributed by atoms with Gasteiger partial charge in [0.15, 0.2) is 0 Å². The molecule has 0 radical (unpaired) electrons. The number of ether oxygens (including phenoxy) is 1. The number of carbonyl (C=O) groups excluding carboxylic acids is 1. The van der Waals surface area contributed by atoms with E-state index in [4.69, 9.17) is 4.74 Å². The number of fused-ring (bicyclic) bond motifs is 1. The molecule has 0 atom stereocenters. The maximum atomic E-state index is 13.2. The summed E-state index contributed by atoms with van der Waals surface area (Å²) in [5.74, 6) is 0.522. The highest BCUT2D eigenvalue weighted by Gasteiger charge is 2.24. The van der Waals surface area contributed by atoms with Crippen molar-refractivity contribution in [1.82, 2.24) is 4.98 Å². The lowest BCUT2D eigenvalue weighted by Gasteiger charge is -2.16. The molecule has 1 aromatic rings. The summed E-state index contributed by atoms with van der Waals surface area (Å²) in [4.78, 5) is 17.7. The highest BCUT2D eigenvalue weighted by Crippen LogP contribution is 2.37. The predicted molar refractivity (Wildman–Crippen MR) is 131 cm³/mol.